The summed E-state index contributed by atoms with van der Waals surface area (Å²) in [5.41, 5.74) is -0.111. The molecule has 1 aliphatic carbocycles. The molecule has 0 atom stereocenters. The van der Waals surface area contributed by atoms with E-state index in [1.807, 2.05) is 53.7 Å². The molecule has 1 spiro atoms. The van der Waals surface area contributed by atoms with Gasteiger partial charge in [0, 0.05) is 23.5 Å². The molecule has 24 heavy (non-hydrogen) atoms. The summed E-state index contributed by atoms with van der Waals surface area (Å²) in [6, 6.07) is 3.78. The van der Waals surface area contributed by atoms with Gasteiger partial charge in [-0.05, 0) is 40.9 Å². The fourth-order valence-electron chi connectivity index (χ4n) is 2.74. The molecular formula is C19H34BrNO3. The van der Waals surface area contributed by atoms with E-state index in [9.17, 15) is 5.11 Å². The van der Waals surface area contributed by atoms with Crippen molar-refractivity contribution in [2.45, 2.75) is 78.6 Å². The van der Waals surface area contributed by atoms with E-state index in [1.165, 1.54) is 0 Å². The Bertz CT molecular complexity index is 421. The number of aromatic nitrogens is 1. The third-order valence-corrected chi connectivity index (χ3v) is 4.33. The summed E-state index contributed by atoms with van der Waals surface area (Å²) >= 11 is 3.35. The van der Waals surface area contributed by atoms with E-state index in [0.29, 0.717) is 26.1 Å². The van der Waals surface area contributed by atoms with Crippen LogP contribution in [0.3, 0.4) is 0 Å². The maximum absolute atomic E-state index is 10.7. The minimum absolute atomic E-state index is 0.443. The summed E-state index contributed by atoms with van der Waals surface area (Å²) in [6.07, 6.45) is 4.42. The van der Waals surface area contributed by atoms with E-state index in [-0.39, 0.29) is 0 Å². The molecule has 2 heterocycles. The lowest BCUT2D eigenvalue weighted by Gasteiger charge is -2.40. The molecule has 0 aromatic carbocycles. The van der Waals surface area contributed by atoms with E-state index in [0.717, 1.165) is 23.0 Å². The van der Waals surface area contributed by atoms with Crippen LogP contribution in [0.25, 0.3) is 0 Å². The van der Waals surface area contributed by atoms with E-state index in [2.05, 4.69) is 20.9 Å². The predicted molar refractivity (Wildman–Crippen MR) is 103 cm³/mol. The summed E-state index contributed by atoms with van der Waals surface area (Å²) in [5, 5.41) is 10.7. The molecule has 0 radical (unpaired) electrons. The third-order valence-electron chi connectivity index (χ3n) is 3.86. The highest BCUT2D eigenvalue weighted by Crippen LogP contribution is 2.44. The number of ether oxygens (including phenoxy) is 2. The van der Waals surface area contributed by atoms with Crippen LogP contribution in [-0.4, -0.2) is 29.1 Å². The molecule has 140 valence electrons. The molecule has 1 saturated heterocycles. The quantitative estimate of drug-likeness (QED) is 0.678. The maximum Gasteiger partial charge on any atom is 0.168 e. The SMILES string of the molecule is CC.CC.CC.OC1(c2ccc(Br)cn2)CCC2(CC1)OCCO2. The van der Waals surface area contributed by atoms with Crippen LogP contribution < -0.4 is 0 Å². The lowest BCUT2D eigenvalue weighted by atomic mass is 9.79. The van der Waals surface area contributed by atoms with Gasteiger partial charge < -0.3 is 14.6 Å². The largest absolute Gasteiger partial charge is 0.384 e. The second kappa shape index (κ2) is 12.0. The molecular weight excluding hydrogens is 370 g/mol. The van der Waals surface area contributed by atoms with Crippen LogP contribution in [-0.2, 0) is 15.1 Å². The van der Waals surface area contributed by atoms with Gasteiger partial charge in [0.15, 0.2) is 5.79 Å². The Labute approximate surface area is 156 Å². The number of hydrogen-bond donors (Lipinski definition) is 1. The van der Waals surface area contributed by atoms with Crippen molar-refractivity contribution in [2.75, 3.05) is 13.2 Å². The monoisotopic (exact) mass is 403 g/mol. The maximum atomic E-state index is 10.7. The minimum Gasteiger partial charge on any atom is -0.384 e. The number of hydrogen-bond acceptors (Lipinski definition) is 4. The summed E-state index contributed by atoms with van der Waals surface area (Å²) < 4.78 is 12.3. The highest BCUT2D eigenvalue weighted by molar-refractivity contribution is 9.10. The Balaban J connectivity index is 0.000000798. The smallest absolute Gasteiger partial charge is 0.168 e. The molecule has 2 aliphatic rings. The highest BCUT2D eigenvalue weighted by Gasteiger charge is 2.46. The van der Waals surface area contributed by atoms with Gasteiger partial charge in [0.2, 0.25) is 0 Å². The molecule has 0 bridgehead atoms. The van der Waals surface area contributed by atoms with E-state index >= 15 is 0 Å². The van der Waals surface area contributed by atoms with Crippen molar-refractivity contribution in [3.63, 3.8) is 0 Å². The first-order valence-corrected chi connectivity index (χ1v) is 10.0. The van der Waals surface area contributed by atoms with Gasteiger partial charge in [-0.3, -0.25) is 4.98 Å². The van der Waals surface area contributed by atoms with Gasteiger partial charge in [0.25, 0.3) is 0 Å². The predicted octanol–water partition coefficient (Wildman–Crippen LogP) is 5.43. The van der Waals surface area contributed by atoms with Crippen molar-refractivity contribution in [3.8, 4) is 0 Å². The van der Waals surface area contributed by atoms with Crippen molar-refractivity contribution in [2.24, 2.45) is 0 Å². The normalized spacial score (nSPS) is 19.8. The zero-order chi connectivity index (χ0) is 18.6. The van der Waals surface area contributed by atoms with Crippen LogP contribution in [0.2, 0.25) is 0 Å². The Kier molecular flexibility index (Phi) is 11.7. The van der Waals surface area contributed by atoms with Gasteiger partial charge in [-0.1, -0.05) is 41.5 Å². The first-order valence-electron chi connectivity index (χ1n) is 9.24. The van der Waals surface area contributed by atoms with Crippen LogP contribution in [0.5, 0.6) is 0 Å². The Morgan fingerprint density at radius 1 is 0.917 bits per heavy atom. The zero-order valence-electron chi connectivity index (χ0n) is 16.1. The van der Waals surface area contributed by atoms with Gasteiger partial charge in [-0.2, -0.15) is 0 Å². The second-order valence-corrected chi connectivity index (χ2v) is 5.92. The lowest BCUT2D eigenvalue weighted by molar-refractivity contribution is -0.204. The Morgan fingerprint density at radius 3 is 1.83 bits per heavy atom. The summed E-state index contributed by atoms with van der Waals surface area (Å²) in [6.45, 7) is 13.3. The van der Waals surface area contributed by atoms with Crippen molar-refractivity contribution in [3.05, 3.63) is 28.5 Å². The van der Waals surface area contributed by atoms with Gasteiger partial charge in [0.05, 0.1) is 18.9 Å². The second-order valence-electron chi connectivity index (χ2n) is 5.00. The average Bonchev–Trinajstić information content (AvgIpc) is 3.12. The van der Waals surface area contributed by atoms with E-state index in [1.54, 1.807) is 6.20 Å². The molecule has 5 heteroatoms. The summed E-state index contributed by atoms with van der Waals surface area (Å²) in [7, 11) is 0. The zero-order valence-corrected chi connectivity index (χ0v) is 17.6. The van der Waals surface area contributed by atoms with Gasteiger partial charge in [-0.15, -0.1) is 0 Å². The van der Waals surface area contributed by atoms with Crippen LogP contribution >= 0.6 is 15.9 Å². The van der Waals surface area contributed by atoms with Gasteiger partial charge in [0.1, 0.15) is 5.60 Å². The fourth-order valence-corrected chi connectivity index (χ4v) is 2.97. The first kappa shape index (κ1) is 23.5. The van der Waals surface area contributed by atoms with Crippen LogP contribution in [0.1, 0.15) is 72.9 Å². The van der Waals surface area contributed by atoms with Crippen molar-refractivity contribution < 1.29 is 14.6 Å². The van der Waals surface area contributed by atoms with Crippen molar-refractivity contribution in [1.29, 1.82) is 0 Å². The summed E-state index contributed by atoms with van der Waals surface area (Å²) in [4.78, 5) is 4.31. The van der Waals surface area contributed by atoms with E-state index < -0.39 is 11.4 Å². The Morgan fingerprint density at radius 2 is 1.42 bits per heavy atom. The number of nitrogens with zero attached hydrogens (tertiary/aromatic N) is 1. The molecule has 1 aliphatic heterocycles. The van der Waals surface area contributed by atoms with E-state index in [4.69, 9.17) is 9.47 Å². The molecule has 1 aromatic rings. The van der Waals surface area contributed by atoms with Crippen molar-refractivity contribution in [1.82, 2.24) is 4.98 Å². The molecule has 1 saturated carbocycles. The third kappa shape index (κ3) is 6.10. The molecule has 2 fully saturated rings. The number of pyridine rings is 1. The minimum atomic E-state index is -0.846. The van der Waals surface area contributed by atoms with Crippen molar-refractivity contribution >= 4 is 15.9 Å². The summed E-state index contributed by atoms with van der Waals surface area (Å²) in [5.74, 6) is -0.443. The lowest BCUT2D eigenvalue weighted by Crippen LogP contribution is -2.42. The molecule has 0 amide bonds. The number of aliphatic hydroxyl groups is 1. The molecule has 1 aromatic heterocycles. The van der Waals surface area contributed by atoms with Crippen LogP contribution in [0.15, 0.2) is 22.8 Å². The first-order chi connectivity index (χ1) is 11.6. The van der Waals surface area contributed by atoms with Gasteiger partial charge in [-0.25, -0.2) is 0 Å². The molecule has 0 unspecified atom stereocenters. The molecule has 3 rings (SSSR count). The standard InChI is InChI=1S/C13H16BrNO3.3C2H6/c14-10-1-2-11(15-9-10)12(16)3-5-13(6-4-12)17-7-8-18-13;3*1-2/h1-2,9,16H,3-8H2;3*1-2H3. The van der Waals surface area contributed by atoms with Gasteiger partial charge >= 0.3 is 0 Å². The number of rotatable bonds is 1. The molecule has 1 N–H and O–H groups in total. The number of halogens is 1. The fraction of sp³-hybridized carbons (Fsp3) is 0.737. The highest BCUT2D eigenvalue weighted by atomic mass is 79.9. The van der Waals surface area contributed by atoms with Crippen LogP contribution in [0, 0.1) is 0 Å². The average molecular weight is 404 g/mol. The molecule has 4 nitrogen and oxygen atoms in total. The van der Waals surface area contributed by atoms with Crippen LogP contribution in [0.4, 0.5) is 0 Å². The Hall–Kier alpha value is -0.490. The topological polar surface area (TPSA) is 51.6 Å².